The molecule has 0 saturated carbocycles. The molecule has 5 heteroatoms. The Morgan fingerprint density at radius 2 is 2.04 bits per heavy atom. The number of amides is 1. The Balaban J connectivity index is 1.37. The van der Waals surface area contributed by atoms with Crippen molar-refractivity contribution in [2.75, 3.05) is 26.2 Å². The molecule has 4 nitrogen and oxygen atoms in total. The Morgan fingerprint density at radius 1 is 1.18 bits per heavy atom. The average molecular weight is 396 g/mol. The van der Waals surface area contributed by atoms with Crippen LogP contribution in [0.5, 0.6) is 0 Å². The van der Waals surface area contributed by atoms with Gasteiger partial charge in [0.05, 0.1) is 0 Å². The van der Waals surface area contributed by atoms with E-state index in [9.17, 15) is 4.79 Å². The lowest BCUT2D eigenvalue weighted by molar-refractivity contribution is 0.0226. The maximum Gasteiger partial charge on any atom is 0.254 e. The number of carbonyl (C=O) groups is 1. The van der Waals surface area contributed by atoms with Gasteiger partial charge in [-0.1, -0.05) is 54.1 Å². The standard InChI is InChI=1S/C23H26ClN3O/c24-22-16-19(10-12-25-22)23(28)27-14-5-9-20-17-26(15-11-21(20)27)13-4-8-18-6-2-1-3-7-18/h1-4,6-8,10,12,16,20-21H,5,9,11,13-15,17H2/t20-,21-/m1/s1. The maximum absolute atomic E-state index is 13.0. The van der Waals surface area contributed by atoms with Gasteiger partial charge < -0.3 is 4.90 Å². The number of carbonyl (C=O) groups excluding carboxylic acids is 1. The SMILES string of the molecule is O=C(c1ccnc(Cl)c1)N1CCC[C@@H]2CN(CC=Cc3ccccc3)CC[C@H]21. The molecule has 2 fully saturated rings. The van der Waals surface area contributed by atoms with Crippen LogP contribution in [0, 0.1) is 5.92 Å². The number of benzene rings is 1. The highest BCUT2D eigenvalue weighted by molar-refractivity contribution is 6.29. The van der Waals surface area contributed by atoms with Gasteiger partial charge in [0.25, 0.3) is 5.91 Å². The second-order valence-electron chi connectivity index (χ2n) is 7.70. The summed E-state index contributed by atoms with van der Waals surface area (Å²) in [7, 11) is 0. The Kier molecular flexibility index (Phi) is 6.08. The molecule has 2 atom stereocenters. The van der Waals surface area contributed by atoms with E-state index in [0.29, 0.717) is 22.7 Å². The maximum atomic E-state index is 13.0. The number of rotatable bonds is 4. The van der Waals surface area contributed by atoms with E-state index in [1.807, 2.05) is 6.07 Å². The molecule has 2 aromatic rings. The van der Waals surface area contributed by atoms with E-state index < -0.39 is 0 Å². The zero-order chi connectivity index (χ0) is 19.3. The molecular weight excluding hydrogens is 370 g/mol. The van der Waals surface area contributed by atoms with Crippen LogP contribution in [0.4, 0.5) is 0 Å². The number of piperidine rings is 2. The number of hydrogen-bond donors (Lipinski definition) is 0. The minimum Gasteiger partial charge on any atom is -0.335 e. The van der Waals surface area contributed by atoms with Crippen LogP contribution in [0.3, 0.4) is 0 Å². The number of halogens is 1. The molecule has 0 spiro atoms. The van der Waals surface area contributed by atoms with E-state index >= 15 is 0 Å². The van der Waals surface area contributed by atoms with E-state index in [4.69, 9.17) is 11.6 Å². The van der Waals surface area contributed by atoms with E-state index in [1.165, 1.54) is 12.0 Å². The largest absolute Gasteiger partial charge is 0.335 e. The van der Waals surface area contributed by atoms with Gasteiger partial charge in [-0.2, -0.15) is 0 Å². The smallest absolute Gasteiger partial charge is 0.254 e. The van der Waals surface area contributed by atoms with Gasteiger partial charge in [0.2, 0.25) is 0 Å². The highest BCUT2D eigenvalue weighted by Crippen LogP contribution is 2.31. The van der Waals surface area contributed by atoms with E-state index in [-0.39, 0.29) is 5.91 Å². The Hall–Kier alpha value is -2.17. The first-order chi connectivity index (χ1) is 13.7. The molecule has 2 aliphatic heterocycles. The van der Waals surface area contributed by atoms with Gasteiger partial charge >= 0.3 is 0 Å². The van der Waals surface area contributed by atoms with Gasteiger partial charge in [0, 0.05) is 44.0 Å². The normalized spacial score (nSPS) is 23.0. The zero-order valence-electron chi connectivity index (χ0n) is 16.0. The number of pyridine rings is 1. The number of hydrogen-bond acceptors (Lipinski definition) is 3. The van der Waals surface area contributed by atoms with E-state index in [2.05, 4.69) is 51.2 Å². The first-order valence-corrected chi connectivity index (χ1v) is 10.4. The molecule has 2 saturated heterocycles. The van der Waals surface area contributed by atoms with Crippen molar-refractivity contribution in [3.63, 3.8) is 0 Å². The highest BCUT2D eigenvalue weighted by atomic mass is 35.5. The topological polar surface area (TPSA) is 36.4 Å². The van der Waals surface area contributed by atoms with Crippen LogP contribution in [-0.2, 0) is 0 Å². The first kappa shape index (κ1) is 19.2. The summed E-state index contributed by atoms with van der Waals surface area (Å²) in [4.78, 5) is 21.6. The molecular formula is C23H26ClN3O. The van der Waals surface area contributed by atoms with Crippen molar-refractivity contribution >= 4 is 23.6 Å². The van der Waals surface area contributed by atoms with Crippen molar-refractivity contribution in [3.05, 3.63) is 71.0 Å². The Labute approximate surface area is 171 Å². The summed E-state index contributed by atoms with van der Waals surface area (Å²) in [5.74, 6) is 0.644. The molecule has 0 aliphatic carbocycles. The quantitative estimate of drug-likeness (QED) is 0.721. The zero-order valence-corrected chi connectivity index (χ0v) is 16.8. The predicted octanol–water partition coefficient (Wildman–Crippen LogP) is 4.37. The summed E-state index contributed by atoms with van der Waals surface area (Å²) < 4.78 is 0. The van der Waals surface area contributed by atoms with Crippen LogP contribution in [0.15, 0.2) is 54.7 Å². The van der Waals surface area contributed by atoms with Crippen LogP contribution in [0.1, 0.15) is 35.2 Å². The van der Waals surface area contributed by atoms with Crippen LogP contribution in [0.2, 0.25) is 5.15 Å². The minimum atomic E-state index is 0.0939. The second kappa shape index (κ2) is 8.89. The van der Waals surface area contributed by atoms with Crippen LogP contribution in [-0.4, -0.2) is 52.9 Å². The minimum absolute atomic E-state index is 0.0939. The van der Waals surface area contributed by atoms with Gasteiger partial charge in [-0.3, -0.25) is 9.69 Å². The Bertz CT molecular complexity index is 839. The fourth-order valence-corrected chi connectivity index (χ4v) is 4.67. The summed E-state index contributed by atoms with van der Waals surface area (Å²) in [6.45, 7) is 3.89. The molecule has 0 radical (unpaired) electrons. The molecule has 0 N–H and O–H groups in total. The molecule has 3 heterocycles. The fraction of sp³-hybridized carbons (Fsp3) is 0.391. The monoisotopic (exact) mass is 395 g/mol. The lowest BCUT2D eigenvalue weighted by Crippen LogP contribution is -2.55. The third-order valence-electron chi connectivity index (χ3n) is 5.86. The summed E-state index contributed by atoms with van der Waals surface area (Å²) in [5.41, 5.74) is 1.89. The van der Waals surface area contributed by atoms with Gasteiger partial charge in [-0.25, -0.2) is 4.98 Å². The second-order valence-corrected chi connectivity index (χ2v) is 8.08. The molecule has 28 heavy (non-hydrogen) atoms. The van der Waals surface area contributed by atoms with Gasteiger partial charge in [0.15, 0.2) is 0 Å². The number of aromatic nitrogens is 1. The van der Waals surface area contributed by atoms with Crippen LogP contribution < -0.4 is 0 Å². The number of likely N-dealkylation sites (tertiary alicyclic amines) is 2. The number of nitrogens with zero attached hydrogens (tertiary/aromatic N) is 3. The summed E-state index contributed by atoms with van der Waals surface area (Å²) in [5, 5.41) is 0.374. The van der Waals surface area contributed by atoms with E-state index in [0.717, 1.165) is 39.0 Å². The fourth-order valence-electron chi connectivity index (χ4n) is 4.50. The van der Waals surface area contributed by atoms with Crippen molar-refractivity contribution < 1.29 is 4.79 Å². The van der Waals surface area contributed by atoms with Crippen molar-refractivity contribution in [2.45, 2.75) is 25.3 Å². The van der Waals surface area contributed by atoms with Crippen molar-refractivity contribution in [2.24, 2.45) is 5.92 Å². The average Bonchev–Trinajstić information content (AvgIpc) is 2.73. The van der Waals surface area contributed by atoms with Crippen molar-refractivity contribution in [1.82, 2.24) is 14.8 Å². The third kappa shape index (κ3) is 4.45. The van der Waals surface area contributed by atoms with Gasteiger partial charge in [0.1, 0.15) is 5.15 Å². The van der Waals surface area contributed by atoms with Crippen molar-refractivity contribution in [1.29, 1.82) is 0 Å². The molecule has 146 valence electrons. The number of fused-ring (bicyclic) bond motifs is 1. The molecule has 0 unspecified atom stereocenters. The van der Waals surface area contributed by atoms with Gasteiger partial charge in [-0.15, -0.1) is 0 Å². The van der Waals surface area contributed by atoms with Crippen molar-refractivity contribution in [3.8, 4) is 0 Å². The predicted molar refractivity (Wildman–Crippen MR) is 113 cm³/mol. The highest BCUT2D eigenvalue weighted by Gasteiger charge is 2.38. The molecule has 4 rings (SSSR count). The Morgan fingerprint density at radius 3 is 2.86 bits per heavy atom. The van der Waals surface area contributed by atoms with Gasteiger partial charge in [-0.05, 0) is 42.9 Å². The summed E-state index contributed by atoms with van der Waals surface area (Å²) in [6, 6.07) is 14.2. The summed E-state index contributed by atoms with van der Waals surface area (Å²) in [6.07, 6.45) is 9.35. The molecule has 0 bridgehead atoms. The third-order valence-corrected chi connectivity index (χ3v) is 6.07. The lowest BCUT2D eigenvalue weighted by atomic mass is 9.83. The lowest BCUT2D eigenvalue weighted by Gasteiger charge is -2.47. The van der Waals surface area contributed by atoms with Crippen LogP contribution >= 0.6 is 11.6 Å². The summed E-state index contributed by atoms with van der Waals surface area (Å²) >= 11 is 5.98. The van der Waals surface area contributed by atoms with Crippen LogP contribution in [0.25, 0.3) is 6.08 Å². The molecule has 2 aliphatic rings. The van der Waals surface area contributed by atoms with E-state index in [1.54, 1.807) is 18.3 Å². The first-order valence-electron chi connectivity index (χ1n) is 10.1. The molecule has 1 aromatic carbocycles. The molecule has 1 aromatic heterocycles. The molecule has 1 amide bonds.